The van der Waals surface area contributed by atoms with Gasteiger partial charge in [-0.05, 0) is 35.7 Å². The maximum absolute atomic E-state index is 12.2. The first-order chi connectivity index (χ1) is 10.4. The van der Waals surface area contributed by atoms with Crippen LogP contribution in [-0.4, -0.2) is 55.8 Å². The van der Waals surface area contributed by atoms with Gasteiger partial charge >= 0.3 is 0 Å². The largest absolute Gasteiger partial charge is 0.345 e. The summed E-state index contributed by atoms with van der Waals surface area (Å²) in [5, 5.41) is 6.64. The van der Waals surface area contributed by atoms with Gasteiger partial charge in [-0.25, -0.2) is 8.42 Å². The van der Waals surface area contributed by atoms with Crippen LogP contribution in [-0.2, 0) is 25.8 Å². The van der Waals surface area contributed by atoms with Crippen LogP contribution in [0, 0.1) is 0 Å². The van der Waals surface area contributed by atoms with Crippen molar-refractivity contribution >= 4 is 33.0 Å². The van der Waals surface area contributed by atoms with Gasteiger partial charge in [0.1, 0.15) is 6.04 Å². The predicted molar refractivity (Wildman–Crippen MR) is 85.5 cm³/mol. The number of carbonyl (C=O) groups excluding carboxylic acids is 2. The number of nitrogens with zero attached hydrogens (tertiary/aromatic N) is 1. The van der Waals surface area contributed by atoms with E-state index in [1.54, 1.807) is 18.3 Å². The summed E-state index contributed by atoms with van der Waals surface area (Å²) in [5.74, 6) is -0.398. The van der Waals surface area contributed by atoms with Crippen LogP contribution in [0.3, 0.4) is 0 Å². The van der Waals surface area contributed by atoms with Crippen molar-refractivity contribution in [2.45, 2.75) is 25.8 Å². The second-order valence-corrected chi connectivity index (χ2v) is 8.48. The van der Waals surface area contributed by atoms with E-state index in [1.165, 1.54) is 4.90 Å². The number of rotatable bonds is 5. The molecule has 0 radical (unpaired) electrons. The summed E-state index contributed by atoms with van der Waals surface area (Å²) in [6.07, 6.45) is 0.987. The molecule has 1 atom stereocenters. The zero-order valence-corrected chi connectivity index (χ0v) is 14.1. The third kappa shape index (κ3) is 4.81. The Bertz CT molecular complexity index is 611. The number of amides is 2. The van der Waals surface area contributed by atoms with E-state index in [0.717, 1.165) is 5.56 Å². The van der Waals surface area contributed by atoms with Crippen LogP contribution in [0.1, 0.15) is 18.9 Å². The Morgan fingerprint density at radius 3 is 2.64 bits per heavy atom. The van der Waals surface area contributed by atoms with Gasteiger partial charge in [-0.3, -0.25) is 9.59 Å². The molecule has 0 aliphatic carbocycles. The smallest absolute Gasteiger partial charge is 0.244 e. The Morgan fingerprint density at radius 2 is 2.05 bits per heavy atom. The molecule has 1 fully saturated rings. The molecule has 0 saturated carbocycles. The summed E-state index contributed by atoms with van der Waals surface area (Å²) in [6.45, 7) is 2.04. The Kier molecular flexibility index (Phi) is 5.57. The molecule has 122 valence electrons. The minimum atomic E-state index is -3.01. The minimum Gasteiger partial charge on any atom is -0.345 e. The van der Waals surface area contributed by atoms with Crippen LogP contribution in [0.2, 0.25) is 0 Å². The molecular formula is C14H20N2O4S2. The molecule has 1 saturated heterocycles. The summed E-state index contributed by atoms with van der Waals surface area (Å²) in [6, 6.07) is 1.34. The number of thiophene rings is 1. The maximum atomic E-state index is 12.2. The number of hydrogen-bond acceptors (Lipinski definition) is 5. The normalized spacial score (nSPS) is 18.7. The Hall–Kier alpha value is -1.41. The Balaban J connectivity index is 1.77. The van der Waals surface area contributed by atoms with Crippen LogP contribution >= 0.6 is 11.3 Å². The molecule has 0 unspecified atom stereocenters. The highest BCUT2D eigenvalue weighted by molar-refractivity contribution is 7.91. The van der Waals surface area contributed by atoms with Crippen molar-refractivity contribution in [2.24, 2.45) is 0 Å². The summed E-state index contributed by atoms with van der Waals surface area (Å²) in [4.78, 5) is 25.6. The Morgan fingerprint density at radius 1 is 1.36 bits per heavy atom. The van der Waals surface area contributed by atoms with E-state index >= 15 is 0 Å². The lowest BCUT2D eigenvalue weighted by Gasteiger charge is -2.29. The van der Waals surface area contributed by atoms with E-state index in [4.69, 9.17) is 0 Å². The van der Waals surface area contributed by atoms with E-state index in [-0.39, 0.29) is 36.4 Å². The van der Waals surface area contributed by atoms with E-state index in [0.29, 0.717) is 12.8 Å². The molecule has 1 aliphatic rings. The topological polar surface area (TPSA) is 83.6 Å². The summed E-state index contributed by atoms with van der Waals surface area (Å²) in [7, 11) is -3.01. The lowest BCUT2D eigenvalue weighted by atomic mass is 10.2. The van der Waals surface area contributed by atoms with Crippen molar-refractivity contribution in [3.8, 4) is 0 Å². The average molecular weight is 344 g/mol. The molecule has 1 aliphatic heterocycles. The number of aryl methyl sites for hydroxylation is 1. The first-order valence-corrected chi connectivity index (χ1v) is 9.93. The molecule has 1 aromatic rings. The highest BCUT2D eigenvalue weighted by atomic mass is 32.2. The molecular weight excluding hydrogens is 324 g/mol. The molecule has 0 aromatic carbocycles. The quantitative estimate of drug-likeness (QED) is 0.840. The van der Waals surface area contributed by atoms with Crippen molar-refractivity contribution in [1.29, 1.82) is 0 Å². The third-order valence-electron chi connectivity index (χ3n) is 3.62. The van der Waals surface area contributed by atoms with Gasteiger partial charge in [0.05, 0.1) is 11.5 Å². The summed E-state index contributed by atoms with van der Waals surface area (Å²) < 4.78 is 22.7. The van der Waals surface area contributed by atoms with E-state index in [9.17, 15) is 18.0 Å². The maximum Gasteiger partial charge on any atom is 0.244 e. The second-order valence-electron chi connectivity index (χ2n) is 5.40. The number of carbonyl (C=O) groups is 2. The zero-order chi connectivity index (χ0) is 16.2. The monoisotopic (exact) mass is 344 g/mol. The lowest BCUT2D eigenvalue weighted by molar-refractivity contribution is -0.135. The molecule has 8 heteroatoms. The highest BCUT2D eigenvalue weighted by Gasteiger charge is 2.28. The second kappa shape index (κ2) is 7.23. The third-order valence-corrected chi connectivity index (χ3v) is 5.97. The van der Waals surface area contributed by atoms with Crippen molar-refractivity contribution in [1.82, 2.24) is 10.2 Å². The molecule has 6 nitrogen and oxygen atoms in total. The van der Waals surface area contributed by atoms with E-state index in [1.807, 2.05) is 16.8 Å². The van der Waals surface area contributed by atoms with Crippen LogP contribution in [0.15, 0.2) is 16.8 Å². The van der Waals surface area contributed by atoms with Crippen molar-refractivity contribution < 1.29 is 18.0 Å². The molecule has 0 bridgehead atoms. The van der Waals surface area contributed by atoms with Gasteiger partial charge in [-0.15, -0.1) is 0 Å². The first-order valence-electron chi connectivity index (χ1n) is 7.17. The first kappa shape index (κ1) is 17.0. The van der Waals surface area contributed by atoms with E-state index in [2.05, 4.69) is 5.32 Å². The summed E-state index contributed by atoms with van der Waals surface area (Å²) >= 11 is 1.59. The number of hydrogen-bond donors (Lipinski definition) is 1. The molecule has 2 rings (SSSR count). The van der Waals surface area contributed by atoms with Crippen LogP contribution < -0.4 is 5.32 Å². The van der Waals surface area contributed by atoms with Gasteiger partial charge in [-0.2, -0.15) is 11.3 Å². The van der Waals surface area contributed by atoms with E-state index < -0.39 is 15.9 Å². The van der Waals surface area contributed by atoms with Crippen molar-refractivity contribution in [3.05, 3.63) is 22.4 Å². The van der Waals surface area contributed by atoms with Gasteiger partial charge in [-0.1, -0.05) is 0 Å². The predicted octanol–water partition coefficient (Wildman–Crippen LogP) is 0.442. The van der Waals surface area contributed by atoms with Gasteiger partial charge < -0.3 is 10.2 Å². The zero-order valence-electron chi connectivity index (χ0n) is 12.4. The fraction of sp³-hybridized carbons (Fsp3) is 0.571. The van der Waals surface area contributed by atoms with Gasteiger partial charge in [0.2, 0.25) is 11.8 Å². The van der Waals surface area contributed by atoms with Crippen molar-refractivity contribution in [3.63, 3.8) is 0 Å². The fourth-order valence-corrected chi connectivity index (χ4v) is 4.18. The van der Waals surface area contributed by atoms with Crippen LogP contribution in [0.4, 0.5) is 0 Å². The van der Waals surface area contributed by atoms with Gasteiger partial charge in [0.25, 0.3) is 0 Å². The standard InChI is InChI=1S/C14H20N2O4S2/c1-11(14(18)16-5-8-22(19,20)9-6-16)15-13(17)3-2-12-4-7-21-10-12/h4,7,10-11H,2-3,5-6,8-9H2,1H3,(H,15,17)/t11-/m0/s1. The molecule has 0 spiro atoms. The molecule has 2 amide bonds. The van der Waals surface area contributed by atoms with Crippen LogP contribution in [0.5, 0.6) is 0 Å². The van der Waals surface area contributed by atoms with Gasteiger partial charge in [0.15, 0.2) is 9.84 Å². The van der Waals surface area contributed by atoms with Crippen LogP contribution in [0.25, 0.3) is 0 Å². The molecule has 2 heterocycles. The summed E-state index contributed by atoms with van der Waals surface area (Å²) in [5.41, 5.74) is 1.11. The van der Waals surface area contributed by atoms with Gasteiger partial charge in [0, 0.05) is 19.5 Å². The molecule has 1 N–H and O–H groups in total. The fourth-order valence-electron chi connectivity index (χ4n) is 2.27. The molecule has 1 aromatic heterocycles. The SMILES string of the molecule is C[C@H](NC(=O)CCc1ccsc1)C(=O)N1CCS(=O)(=O)CC1. The van der Waals surface area contributed by atoms with Crippen molar-refractivity contribution in [2.75, 3.05) is 24.6 Å². The highest BCUT2D eigenvalue weighted by Crippen LogP contribution is 2.09. The number of sulfone groups is 1. The lowest BCUT2D eigenvalue weighted by Crippen LogP contribution is -2.51. The minimum absolute atomic E-state index is 0.00242. The molecule has 22 heavy (non-hydrogen) atoms. The Labute approximate surface area is 134 Å². The number of nitrogens with one attached hydrogen (secondary N) is 1. The average Bonchev–Trinajstić information content (AvgIpc) is 2.97.